The summed E-state index contributed by atoms with van der Waals surface area (Å²) in [5.41, 5.74) is 6.42. The number of nitrogens with zero attached hydrogens (tertiary/aromatic N) is 3. The van der Waals surface area contributed by atoms with Crippen LogP contribution in [-0.2, 0) is 33.0 Å². The molecule has 0 fully saturated rings. The van der Waals surface area contributed by atoms with E-state index in [1.165, 1.54) is 24.3 Å². The summed E-state index contributed by atoms with van der Waals surface area (Å²) >= 11 is 0. The van der Waals surface area contributed by atoms with Crippen LogP contribution >= 0.6 is 0 Å². The van der Waals surface area contributed by atoms with Crippen LogP contribution in [-0.4, -0.2) is 60.1 Å². The molecule has 13 heteroatoms. The molecule has 0 atom stereocenters. The van der Waals surface area contributed by atoms with Crippen molar-refractivity contribution >= 4 is 37.3 Å². The number of benzene rings is 4. The number of carboxylic acid groups (broad SMARTS) is 1. The second-order valence-corrected chi connectivity index (χ2v) is 14.1. The van der Waals surface area contributed by atoms with Crippen LogP contribution in [0.15, 0.2) is 94.7 Å². The number of methoxy groups -OCH3 is 1. The molecule has 5 aromatic rings. The first kappa shape index (κ1) is 35.1. The van der Waals surface area contributed by atoms with E-state index in [4.69, 9.17) is 14.3 Å². The Bertz CT molecular complexity index is 2090. The lowest BCUT2D eigenvalue weighted by molar-refractivity contribution is 0.172. The number of carbonyl (C=O) groups is 1. The van der Waals surface area contributed by atoms with Crippen molar-refractivity contribution in [2.45, 2.75) is 50.3 Å². The third kappa shape index (κ3) is 7.99. The summed E-state index contributed by atoms with van der Waals surface area (Å²) < 4.78 is 63.4. The highest BCUT2D eigenvalue weighted by Gasteiger charge is 2.28. The fraction of sp³-hybridized carbons (Fsp3) is 0.235. The highest BCUT2D eigenvalue weighted by Crippen LogP contribution is 2.30. The smallest absolute Gasteiger partial charge is 0.421 e. The van der Waals surface area contributed by atoms with Crippen LogP contribution in [0.5, 0.6) is 5.75 Å². The highest BCUT2D eigenvalue weighted by atomic mass is 32.2. The molecule has 47 heavy (non-hydrogen) atoms. The molecular formula is C34H37N3O8S2. The van der Waals surface area contributed by atoms with Gasteiger partial charge in [0, 0.05) is 24.2 Å². The quantitative estimate of drug-likeness (QED) is 0.169. The molecule has 1 aromatic heterocycles. The first-order chi connectivity index (χ1) is 22.2. The summed E-state index contributed by atoms with van der Waals surface area (Å²) in [6, 6.07) is 23.7. The van der Waals surface area contributed by atoms with Crippen LogP contribution in [0.2, 0.25) is 0 Å². The largest absolute Gasteiger partial charge is 0.496 e. The van der Waals surface area contributed by atoms with Crippen molar-refractivity contribution in [3.8, 4) is 11.4 Å². The van der Waals surface area contributed by atoms with Gasteiger partial charge in [0.2, 0.25) is 0 Å². The Morgan fingerprint density at radius 3 is 1.87 bits per heavy atom. The lowest BCUT2D eigenvalue weighted by Gasteiger charge is -2.19. The van der Waals surface area contributed by atoms with E-state index in [9.17, 15) is 26.7 Å². The van der Waals surface area contributed by atoms with Crippen molar-refractivity contribution in [1.29, 1.82) is 0 Å². The summed E-state index contributed by atoms with van der Waals surface area (Å²) in [6.07, 6.45) is -0.516. The molecule has 4 aromatic carbocycles. The van der Waals surface area contributed by atoms with Gasteiger partial charge in [-0.2, -0.15) is 8.42 Å². The van der Waals surface area contributed by atoms with E-state index < -0.39 is 26.2 Å². The maximum Gasteiger partial charge on any atom is 0.421 e. The molecule has 0 aliphatic carbocycles. The molecule has 1 heterocycles. The summed E-state index contributed by atoms with van der Waals surface area (Å²) in [4.78, 5) is 16.5. The van der Waals surface area contributed by atoms with Gasteiger partial charge in [-0.05, 0) is 81.3 Å². The number of rotatable bonds is 9. The van der Waals surface area contributed by atoms with Crippen LogP contribution in [0.3, 0.4) is 0 Å². The van der Waals surface area contributed by atoms with Gasteiger partial charge in [-0.1, -0.05) is 54.4 Å². The number of aromatic nitrogens is 2. The van der Waals surface area contributed by atoms with Gasteiger partial charge in [0.15, 0.2) is 0 Å². The minimum Gasteiger partial charge on any atom is -0.496 e. The molecule has 0 bridgehead atoms. The Morgan fingerprint density at radius 2 is 1.38 bits per heavy atom. The number of fused-ring (bicyclic) bond motifs is 1. The fourth-order valence-electron chi connectivity index (χ4n) is 4.96. The Kier molecular flexibility index (Phi) is 10.7. The Labute approximate surface area is 274 Å². The average Bonchev–Trinajstić information content (AvgIpc) is 3.41. The number of imidazole rings is 1. The van der Waals surface area contributed by atoms with Gasteiger partial charge in [0.05, 0.1) is 27.9 Å². The molecule has 11 nitrogen and oxygen atoms in total. The van der Waals surface area contributed by atoms with Gasteiger partial charge in [-0.25, -0.2) is 22.5 Å². The Hall–Kier alpha value is -4.72. The summed E-state index contributed by atoms with van der Waals surface area (Å²) in [7, 11) is -6.54. The SMILES string of the molecule is CCc1nc2c(C)c(OC)ccc2n1-c1ccc(CCN(C(=O)O)S(=O)(=O)c2ccc(C)cc2)cc1.Cc1ccc(S(=O)(=O)O)cc1. The monoisotopic (exact) mass is 679 g/mol. The standard InChI is InChI=1S/C27H29N3O5S.C7H8O3S/c1-5-25-28-26-19(3)24(35-4)15-14-23(26)30(25)21-10-8-20(9-11-21)16-17-29(27(31)32)36(33,34)22-12-6-18(2)7-13-22;1-6-2-4-7(5-3-6)11(8,9)10/h6-15H,5,16-17H2,1-4H3,(H,31,32);2-5H,1H3,(H,8,9,10). The molecule has 0 saturated heterocycles. The van der Waals surface area contributed by atoms with Crippen molar-refractivity contribution in [3.63, 3.8) is 0 Å². The Morgan fingerprint density at radius 1 is 0.830 bits per heavy atom. The van der Waals surface area contributed by atoms with E-state index in [1.54, 1.807) is 31.4 Å². The van der Waals surface area contributed by atoms with E-state index in [1.807, 2.05) is 64.1 Å². The van der Waals surface area contributed by atoms with Gasteiger partial charge in [-0.15, -0.1) is 0 Å². The zero-order valence-corrected chi connectivity index (χ0v) is 28.3. The molecule has 2 N–H and O–H groups in total. The molecule has 0 aliphatic rings. The van der Waals surface area contributed by atoms with E-state index in [0.29, 0.717) is 4.31 Å². The minimum atomic E-state index is -4.16. The second-order valence-electron chi connectivity index (χ2n) is 10.9. The zero-order valence-electron chi connectivity index (χ0n) is 26.7. The first-order valence-corrected chi connectivity index (χ1v) is 17.6. The molecule has 0 saturated carbocycles. The average molecular weight is 680 g/mol. The van der Waals surface area contributed by atoms with E-state index in [-0.39, 0.29) is 22.8 Å². The Balaban J connectivity index is 0.000000385. The molecule has 0 unspecified atom stereocenters. The van der Waals surface area contributed by atoms with Gasteiger partial charge < -0.3 is 9.84 Å². The fourth-order valence-corrected chi connectivity index (χ4v) is 6.71. The van der Waals surface area contributed by atoms with E-state index in [2.05, 4.69) is 4.57 Å². The lowest BCUT2D eigenvalue weighted by Crippen LogP contribution is -2.37. The minimum absolute atomic E-state index is 0.0446. The van der Waals surface area contributed by atoms with Crippen LogP contribution in [0.4, 0.5) is 4.79 Å². The zero-order chi connectivity index (χ0) is 34.5. The molecule has 1 amide bonds. The highest BCUT2D eigenvalue weighted by molar-refractivity contribution is 7.89. The molecule has 0 spiro atoms. The molecule has 0 radical (unpaired) electrons. The van der Waals surface area contributed by atoms with Crippen LogP contribution in [0.1, 0.15) is 35.0 Å². The van der Waals surface area contributed by atoms with Crippen molar-refractivity contribution in [2.75, 3.05) is 13.7 Å². The molecule has 248 valence electrons. The second kappa shape index (κ2) is 14.4. The predicted octanol–water partition coefficient (Wildman–Crippen LogP) is 6.37. The van der Waals surface area contributed by atoms with Crippen molar-refractivity contribution in [2.24, 2.45) is 0 Å². The molecule has 5 rings (SSSR count). The number of ether oxygens (including phenoxy) is 1. The van der Waals surface area contributed by atoms with Crippen LogP contribution in [0, 0.1) is 20.8 Å². The maximum absolute atomic E-state index is 12.9. The van der Waals surface area contributed by atoms with E-state index >= 15 is 0 Å². The number of hydrogen-bond acceptors (Lipinski definition) is 7. The van der Waals surface area contributed by atoms with Crippen molar-refractivity contribution < 1.29 is 36.0 Å². The van der Waals surface area contributed by atoms with Crippen LogP contribution < -0.4 is 4.74 Å². The number of amides is 1. The number of sulfonamides is 1. The van der Waals surface area contributed by atoms with Crippen molar-refractivity contribution in [1.82, 2.24) is 13.9 Å². The normalized spacial score (nSPS) is 11.5. The third-order valence-electron chi connectivity index (χ3n) is 7.58. The maximum atomic E-state index is 12.9. The summed E-state index contributed by atoms with van der Waals surface area (Å²) in [5, 5.41) is 9.62. The number of aryl methyl sites for hydroxylation is 4. The van der Waals surface area contributed by atoms with Gasteiger partial charge in [0.25, 0.3) is 20.1 Å². The van der Waals surface area contributed by atoms with Gasteiger partial charge in [0.1, 0.15) is 11.6 Å². The summed E-state index contributed by atoms with van der Waals surface area (Å²) in [6.45, 7) is 7.53. The van der Waals surface area contributed by atoms with Gasteiger partial charge in [-0.3, -0.25) is 9.12 Å². The summed E-state index contributed by atoms with van der Waals surface area (Å²) in [5.74, 6) is 1.70. The van der Waals surface area contributed by atoms with Crippen LogP contribution in [0.25, 0.3) is 16.7 Å². The van der Waals surface area contributed by atoms with Gasteiger partial charge >= 0.3 is 6.09 Å². The molecule has 0 aliphatic heterocycles. The molecular weight excluding hydrogens is 643 g/mol. The third-order valence-corrected chi connectivity index (χ3v) is 10.2. The lowest BCUT2D eigenvalue weighted by atomic mass is 10.1. The van der Waals surface area contributed by atoms with Crippen molar-refractivity contribution in [3.05, 3.63) is 113 Å². The van der Waals surface area contributed by atoms with E-state index in [0.717, 1.165) is 57.0 Å². The topological polar surface area (TPSA) is 156 Å². The first-order valence-electron chi connectivity index (χ1n) is 14.7. The predicted molar refractivity (Wildman–Crippen MR) is 180 cm³/mol. The number of hydrogen-bond donors (Lipinski definition) is 2.